The second-order valence-electron chi connectivity index (χ2n) is 5.36. The number of benzene rings is 1. The largest absolute Gasteiger partial charge is 0.416 e. The number of carbonyl (C=O) groups excluding carboxylic acids is 1. The Kier molecular flexibility index (Phi) is 6.29. The van der Waals surface area contributed by atoms with Crippen molar-refractivity contribution in [2.45, 2.75) is 11.1 Å². The highest BCUT2D eigenvalue weighted by Crippen LogP contribution is 2.34. The molecule has 0 radical (unpaired) electrons. The number of hydrogen-bond acceptors (Lipinski definition) is 4. The zero-order valence-electron chi connectivity index (χ0n) is 13.2. The number of amides is 1. The Bertz CT molecular complexity index is 748. The molecule has 0 atom stereocenters. The predicted molar refractivity (Wildman–Crippen MR) is 90.2 cm³/mol. The molecule has 0 aromatic heterocycles. The molecule has 0 unspecified atom stereocenters. The number of hydrogen-bond donors (Lipinski definition) is 0. The maximum Gasteiger partial charge on any atom is 0.416 e. The third-order valence-corrected chi connectivity index (χ3v) is 6.65. The van der Waals surface area contributed by atoms with Crippen molar-refractivity contribution in [3.63, 3.8) is 0 Å². The first-order valence-electron chi connectivity index (χ1n) is 7.21. The van der Waals surface area contributed by atoms with Crippen LogP contribution in [0, 0.1) is 0 Å². The molecule has 1 aliphatic heterocycles. The molecule has 0 aliphatic carbocycles. The average Bonchev–Trinajstić information content (AvgIpc) is 2.54. The summed E-state index contributed by atoms with van der Waals surface area (Å²) in [6.07, 6.45) is -2.88. The van der Waals surface area contributed by atoms with Crippen LogP contribution in [0.3, 0.4) is 0 Å². The van der Waals surface area contributed by atoms with E-state index < -0.39 is 26.7 Å². The molecule has 1 aromatic rings. The van der Waals surface area contributed by atoms with Crippen LogP contribution in [0.15, 0.2) is 23.1 Å². The highest BCUT2D eigenvalue weighted by atomic mass is 35.5. The van der Waals surface area contributed by atoms with Crippen molar-refractivity contribution in [1.29, 1.82) is 0 Å². The lowest BCUT2D eigenvalue weighted by Gasteiger charge is -2.34. The number of thioether (sulfide) groups is 1. The van der Waals surface area contributed by atoms with Crippen LogP contribution < -0.4 is 0 Å². The van der Waals surface area contributed by atoms with Gasteiger partial charge in [-0.25, -0.2) is 8.42 Å². The second kappa shape index (κ2) is 7.73. The van der Waals surface area contributed by atoms with Gasteiger partial charge < -0.3 is 4.90 Å². The summed E-state index contributed by atoms with van der Waals surface area (Å²) in [6.45, 7) is 0.397. The highest BCUT2D eigenvalue weighted by Gasteiger charge is 2.35. The molecular weight excluding hydrogens is 401 g/mol. The average molecular weight is 417 g/mol. The second-order valence-corrected chi connectivity index (χ2v) is 8.54. The molecule has 1 fully saturated rings. The van der Waals surface area contributed by atoms with E-state index in [9.17, 15) is 26.4 Å². The number of alkyl halides is 3. The van der Waals surface area contributed by atoms with Crippen molar-refractivity contribution in [1.82, 2.24) is 9.21 Å². The SMILES string of the molecule is CSCC(=O)N1CCN(S(=O)(=O)c2cc(C(F)(F)F)ccc2Cl)CC1. The molecule has 1 amide bonds. The van der Waals surface area contributed by atoms with Crippen molar-refractivity contribution >= 4 is 39.3 Å². The fraction of sp³-hybridized carbons (Fsp3) is 0.500. The Hall–Kier alpha value is -0.970. The van der Waals surface area contributed by atoms with Crippen LogP contribution >= 0.6 is 23.4 Å². The summed E-state index contributed by atoms with van der Waals surface area (Å²) < 4.78 is 64.9. The van der Waals surface area contributed by atoms with Gasteiger partial charge in [0.2, 0.25) is 15.9 Å². The number of halogens is 4. The minimum absolute atomic E-state index is 0.00896. The number of carbonyl (C=O) groups is 1. The molecule has 25 heavy (non-hydrogen) atoms. The minimum atomic E-state index is -4.67. The Labute approximate surface area is 153 Å². The Morgan fingerprint density at radius 2 is 1.84 bits per heavy atom. The summed E-state index contributed by atoms with van der Waals surface area (Å²) in [5.41, 5.74) is -1.08. The van der Waals surface area contributed by atoms with E-state index in [-0.39, 0.29) is 37.1 Å². The Balaban J connectivity index is 2.22. The van der Waals surface area contributed by atoms with Crippen LogP contribution in [0.25, 0.3) is 0 Å². The lowest BCUT2D eigenvalue weighted by Crippen LogP contribution is -2.51. The van der Waals surface area contributed by atoms with Crippen LogP contribution in [0.1, 0.15) is 5.56 Å². The molecule has 0 N–H and O–H groups in total. The molecule has 1 aliphatic rings. The molecule has 5 nitrogen and oxygen atoms in total. The normalized spacial score (nSPS) is 16.9. The first-order valence-corrected chi connectivity index (χ1v) is 10.4. The number of sulfonamides is 1. The van der Waals surface area contributed by atoms with E-state index in [4.69, 9.17) is 11.6 Å². The fourth-order valence-corrected chi connectivity index (χ4v) is 4.76. The topological polar surface area (TPSA) is 57.7 Å². The Morgan fingerprint density at radius 1 is 1.24 bits per heavy atom. The summed E-state index contributed by atoms with van der Waals surface area (Å²) in [7, 11) is -4.18. The van der Waals surface area contributed by atoms with Crippen LogP contribution in [-0.4, -0.2) is 61.7 Å². The van der Waals surface area contributed by atoms with Gasteiger partial charge in [0.1, 0.15) is 4.90 Å². The smallest absolute Gasteiger partial charge is 0.339 e. The first-order chi connectivity index (χ1) is 11.6. The van der Waals surface area contributed by atoms with E-state index in [0.717, 1.165) is 16.4 Å². The van der Waals surface area contributed by atoms with Gasteiger partial charge in [-0.3, -0.25) is 4.79 Å². The number of rotatable bonds is 4. The molecule has 0 saturated carbocycles. The number of nitrogens with zero attached hydrogens (tertiary/aromatic N) is 2. The van der Waals surface area contributed by atoms with Gasteiger partial charge in [-0.05, 0) is 24.5 Å². The molecular formula is C14H16ClF3N2O3S2. The lowest BCUT2D eigenvalue weighted by atomic mass is 10.2. The minimum Gasteiger partial charge on any atom is -0.339 e. The summed E-state index contributed by atoms with van der Waals surface area (Å²) in [4.78, 5) is 12.8. The van der Waals surface area contributed by atoms with Crippen molar-refractivity contribution in [2.24, 2.45) is 0 Å². The van der Waals surface area contributed by atoms with E-state index in [2.05, 4.69) is 0 Å². The Morgan fingerprint density at radius 3 is 2.36 bits per heavy atom. The van der Waals surface area contributed by atoms with Gasteiger partial charge >= 0.3 is 6.18 Å². The van der Waals surface area contributed by atoms with E-state index in [1.165, 1.54) is 16.7 Å². The first kappa shape index (κ1) is 20.3. The maximum absolute atomic E-state index is 12.8. The maximum atomic E-state index is 12.8. The van der Waals surface area contributed by atoms with Gasteiger partial charge in [0, 0.05) is 26.2 Å². The van der Waals surface area contributed by atoms with E-state index in [1.54, 1.807) is 6.26 Å². The van der Waals surface area contributed by atoms with Crippen molar-refractivity contribution < 1.29 is 26.4 Å². The molecule has 11 heteroatoms. The summed E-state index contributed by atoms with van der Waals surface area (Å²) in [5.74, 6) is 0.202. The van der Waals surface area contributed by atoms with Gasteiger partial charge in [-0.15, -0.1) is 0 Å². The molecule has 1 aromatic carbocycles. The van der Waals surface area contributed by atoms with Gasteiger partial charge in [-0.2, -0.15) is 29.2 Å². The quantitative estimate of drug-likeness (QED) is 0.757. The third-order valence-electron chi connectivity index (χ3n) is 3.74. The molecule has 1 heterocycles. The summed E-state index contributed by atoms with van der Waals surface area (Å²) in [5, 5.41) is -0.270. The number of piperazine rings is 1. The van der Waals surface area contributed by atoms with Gasteiger partial charge in [-0.1, -0.05) is 11.6 Å². The summed E-state index contributed by atoms with van der Waals surface area (Å²) in [6, 6.07) is 2.21. The van der Waals surface area contributed by atoms with Crippen LogP contribution in [0.2, 0.25) is 5.02 Å². The van der Waals surface area contributed by atoms with Gasteiger partial charge in [0.25, 0.3) is 0 Å². The van der Waals surface area contributed by atoms with Crippen LogP contribution in [0.4, 0.5) is 13.2 Å². The zero-order chi connectivity index (χ0) is 18.8. The van der Waals surface area contributed by atoms with E-state index >= 15 is 0 Å². The molecule has 1 saturated heterocycles. The summed E-state index contributed by atoms with van der Waals surface area (Å²) >= 11 is 7.20. The van der Waals surface area contributed by atoms with Crippen molar-refractivity contribution in [3.05, 3.63) is 28.8 Å². The third kappa shape index (κ3) is 4.60. The molecule has 140 valence electrons. The van der Waals surface area contributed by atoms with Crippen LogP contribution in [0.5, 0.6) is 0 Å². The van der Waals surface area contributed by atoms with Crippen molar-refractivity contribution in [2.75, 3.05) is 38.2 Å². The van der Waals surface area contributed by atoms with Crippen molar-refractivity contribution in [3.8, 4) is 0 Å². The zero-order valence-corrected chi connectivity index (χ0v) is 15.6. The molecule has 2 rings (SSSR count). The van der Waals surface area contributed by atoms with Gasteiger partial charge in [0.15, 0.2) is 0 Å². The van der Waals surface area contributed by atoms with Gasteiger partial charge in [0.05, 0.1) is 16.3 Å². The monoisotopic (exact) mass is 416 g/mol. The van der Waals surface area contributed by atoms with E-state index in [0.29, 0.717) is 11.8 Å². The fourth-order valence-electron chi connectivity index (χ4n) is 2.41. The molecule has 0 bridgehead atoms. The highest BCUT2D eigenvalue weighted by molar-refractivity contribution is 7.99. The lowest BCUT2D eigenvalue weighted by molar-refractivity contribution is -0.137. The predicted octanol–water partition coefficient (Wildman–Crippen LogP) is 2.55. The van der Waals surface area contributed by atoms with Crippen LogP contribution in [-0.2, 0) is 21.0 Å². The standard InChI is InChI=1S/C14H16ClF3N2O3S2/c1-24-9-13(21)19-4-6-20(7-5-19)25(22,23)12-8-10(14(16,17)18)2-3-11(12)15/h2-3,8H,4-7,9H2,1H3. The molecule has 0 spiro atoms. The van der Waals surface area contributed by atoms with E-state index in [1.807, 2.05) is 0 Å².